The van der Waals surface area contributed by atoms with Crippen LogP contribution in [-0.4, -0.2) is 22.1 Å². The number of para-hydroxylation sites is 2. The quantitative estimate of drug-likeness (QED) is 0.809. The maximum atomic E-state index is 9.23. The minimum absolute atomic E-state index is 0.0828. The highest BCUT2D eigenvalue weighted by Crippen LogP contribution is 2.18. The Balaban J connectivity index is 2.16. The van der Waals surface area contributed by atoms with Crippen LogP contribution in [-0.2, 0) is 13.0 Å². The van der Waals surface area contributed by atoms with Crippen molar-refractivity contribution >= 4 is 11.0 Å². The molecule has 2 rings (SSSR count). The molecule has 0 spiro atoms. The van der Waals surface area contributed by atoms with Crippen molar-refractivity contribution in [2.24, 2.45) is 0 Å². The van der Waals surface area contributed by atoms with E-state index in [1.807, 2.05) is 12.1 Å². The van der Waals surface area contributed by atoms with Gasteiger partial charge in [-0.15, -0.1) is 0 Å². The van der Waals surface area contributed by atoms with Crippen molar-refractivity contribution in [2.75, 3.05) is 6.54 Å². The van der Waals surface area contributed by atoms with E-state index < -0.39 is 0 Å². The second-order valence-electron chi connectivity index (χ2n) is 5.34. The summed E-state index contributed by atoms with van der Waals surface area (Å²) in [6.07, 6.45) is 3.92. The third-order valence-corrected chi connectivity index (χ3v) is 3.65. The fraction of sp³-hybridized carbons (Fsp3) is 0.529. The Kier molecular flexibility index (Phi) is 5.77. The number of hydrogen-bond donors (Lipinski definition) is 1. The summed E-state index contributed by atoms with van der Waals surface area (Å²) < 4.78 is 2.27. The molecule has 1 N–H and O–H groups in total. The lowest BCUT2D eigenvalue weighted by molar-refractivity contribution is 0.512. The van der Waals surface area contributed by atoms with Gasteiger partial charge in [-0.3, -0.25) is 0 Å². The number of hydrogen-bond acceptors (Lipinski definition) is 3. The maximum Gasteiger partial charge on any atom is 0.109 e. The maximum absolute atomic E-state index is 9.23. The van der Waals surface area contributed by atoms with Crippen molar-refractivity contribution in [2.45, 2.75) is 52.1 Å². The van der Waals surface area contributed by atoms with Crippen LogP contribution in [0.5, 0.6) is 0 Å². The number of imidazole rings is 1. The van der Waals surface area contributed by atoms with E-state index in [4.69, 9.17) is 4.98 Å². The Morgan fingerprint density at radius 1 is 1.29 bits per heavy atom. The molecule has 0 aliphatic carbocycles. The minimum atomic E-state index is -0.0828. The number of rotatable bonds is 8. The molecule has 2 aromatic rings. The topological polar surface area (TPSA) is 53.6 Å². The third-order valence-electron chi connectivity index (χ3n) is 3.65. The normalized spacial score (nSPS) is 12.4. The van der Waals surface area contributed by atoms with E-state index in [9.17, 15) is 5.26 Å². The standard InChI is InChI=1S/C17H24N4/c1-3-7-17-20-15-8-5-6-9-16(15)21(17)12-10-14(13-18)19-11-4-2/h5-6,8-9,14,19H,3-4,7,10-12H2,1-2H3. The van der Waals surface area contributed by atoms with Crippen molar-refractivity contribution in [3.63, 3.8) is 0 Å². The molecule has 0 aliphatic heterocycles. The fourth-order valence-corrected chi connectivity index (χ4v) is 2.58. The summed E-state index contributed by atoms with van der Waals surface area (Å²) in [5, 5.41) is 12.5. The van der Waals surface area contributed by atoms with E-state index in [0.29, 0.717) is 0 Å². The number of aryl methyl sites for hydroxylation is 2. The van der Waals surface area contributed by atoms with Crippen LogP contribution in [0.2, 0.25) is 0 Å². The molecule has 1 aromatic carbocycles. The second kappa shape index (κ2) is 7.80. The Morgan fingerprint density at radius 3 is 2.81 bits per heavy atom. The highest BCUT2D eigenvalue weighted by atomic mass is 15.1. The highest BCUT2D eigenvalue weighted by Gasteiger charge is 2.12. The number of nitrogens with zero attached hydrogens (tertiary/aromatic N) is 3. The molecule has 4 nitrogen and oxygen atoms in total. The van der Waals surface area contributed by atoms with Gasteiger partial charge in [-0.05, 0) is 37.9 Å². The first-order chi connectivity index (χ1) is 10.3. The van der Waals surface area contributed by atoms with Crippen molar-refractivity contribution in [1.82, 2.24) is 14.9 Å². The average Bonchev–Trinajstić information content (AvgIpc) is 2.85. The number of nitrogens with one attached hydrogen (secondary N) is 1. The van der Waals surface area contributed by atoms with Gasteiger partial charge in [-0.1, -0.05) is 26.0 Å². The first-order valence-corrected chi connectivity index (χ1v) is 7.87. The molecule has 0 fully saturated rings. The van der Waals surface area contributed by atoms with Crippen molar-refractivity contribution in [1.29, 1.82) is 5.26 Å². The fourth-order valence-electron chi connectivity index (χ4n) is 2.58. The van der Waals surface area contributed by atoms with Gasteiger partial charge in [0.1, 0.15) is 5.82 Å². The van der Waals surface area contributed by atoms with E-state index in [0.717, 1.165) is 50.1 Å². The molecule has 0 amide bonds. The zero-order chi connectivity index (χ0) is 15.1. The van der Waals surface area contributed by atoms with Gasteiger partial charge in [0, 0.05) is 13.0 Å². The summed E-state index contributed by atoms with van der Waals surface area (Å²) >= 11 is 0. The van der Waals surface area contributed by atoms with Gasteiger partial charge in [0.25, 0.3) is 0 Å². The van der Waals surface area contributed by atoms with Crippen LogP contribution in [0.1, 0.15) is 38.9 Å². The molecule has 1 unspecified atom stereocenters. The zero-order valence-electron chi connectivity index (χ0n) is 13.0. The number of benzene rings is 1. The van der Waals surface area contributed by atoms with Crippen molar-refractivity contribution < 1.29 is 0 Å². The van der Waals surface area contributed by atoms with Crippen LogP contribution in [0.3, 0.4) is 0 Å². The van der Waals surface area contributed by atoms with Crippen LogP contribution < -0.4 is 5.32 Å². The molecule has 1 aromatic heterocycles. The van der Waals surface area contributed by atoms with Gasteiger partial charge < -0.3 is 9.88 Å². The monoisotopic (exact) mass is 284 g/mol. The van der Waals surface area contributed by atoms with Gasteiger partial charge in [0.2, 0.25) is 0 Å². The molecule has 0 bridgehead atoms. The first-order valence-electron chi connectivity index (χ1n) is 7.87. The molecular weight excluding hydrogens is 260 g/mol. The zero-order valence-corrected chi connectivity index (χ0v) is 13.0. The predicted octanol–water partition coefficient (Wildman–Crippen LogP) is 3.27. The summed E-state index contributed by atoms with van der Waals surface area (Å²) in [6.45, 7) is 6.02. The SMILES string of the molecule is CCCNC(C#N)CCn1c(CCC)nc2ccccc21. The summed E-state index contributed by atoms with van der Waals surface area (Å²) in [5.41, 5.74) is 2.23. The Hall–Kier alpha value is -1.86. The number of aromatic nitrogens is 2. The van der Waals surface area contributed by atoms with E-state index in [-0.39, 0.29) is 6.04 Å². The van der Waals surface area contributed by atoms with E-state index in [2.05, 4.69) is 41.9 Å². The first kappa shape index (κ1) is 15.5. The molecule has 1 atom stereocenters. The molecule has 0 aliphatic rings. The average molecular weight is 284 g/mol. The lowest BCUT2D eigenvalue weighted by Gasteiger charge is -2.13. The van der Waals surface area contributed by atoms with E-state index in [1.54, 1.807) is 0 Å². The molecule has 21 heavy (non-hydrogen) atoms. The molecule has 112 valence electrons. The van der Waals surface area contributed by atoms with Gasteiger partial charge in [-0.25, -0.2) is 4.98 Å². The molecule has 0 saturated heterocycles. The molecule has 0 radical (unpaired) electrons. The minimum Gasteiger partial charge on any atom is -0.328 e. The molecule has 1 heterocycles. The Morgan fingerprint density at radius 2 is 2.10 bits per heavy atom. The van der Waals surface area contributed by atoms with Crippen LogP contribution in [0, 0.1) is 11.3 Å². The van der Waals surface area contributed by atoms with Crippen LogP contribution >= 0.6 is 0 Å². The van der Waals surface area contributed by atoms with Gasteiger partial charge in [0.15, 0.2) is 0 Å². The van der Waals surface area contributed by atoms with Crippen LogP contribution in [0.4, 0.5) is 0 Å². The predicted molar refractivity (Wildman–Crippen MR) is 86.0 cm³/mol. The largest absolute Gasteiger partial charge is 0.328 e. The second-order valence-corrected chi connectivity index (χ2v) is 5.34. The molecular formula is C17H24N4. The summed E-state index contributed by atoms with van der Waals surface area (Å²) in [7, 11) is 0. The Bertz CT molecular complexity index is 609. The molecule has 0 saturated carbocycles. The number of fused-ring (bicyclic) bond motifs is 1. The summed E-state index contributed by atoms with van der Waals surface area (Å²) in [5.74, 6) is 1.13. The lowest BCUT2D eigenvalue weighted by Crippen LogP contribution is -2.29. The Labute approximate surface area is 126 Å². The highest BCUT2D eigenvalue weighted by molar-refractivity contribution is 5.75. The van der Waals surface area contributed by atoms with Crippen LogP contribution in [0.15, 0.2) is 24.3 Å². The van der Waals surface area contributed by atoms with E-state index in [1.165, 1.54) is 5.52 Å². The third kappa shape index (κ3) is 3.83. The number of nitriles is 1. The van der Waals surface area contributed by atoms with Gasteiger partial charge >= 0.3 is 0 Å². The lowest BCUT2D eigenvalue weighted by atomic mass is 10.2. The molecule has 4 heteroatoms. The van der Waals surface area contributed by atoms with Gasteiger partial charge in [0.05, 0.1) is 23.1 Å². The van der Waals surface area contributed by atoms with Gasteiger partial charge in [-0.2, -0.15) is 5.26 Å². The van der Waals surface area contributed by atoms with Crippen molar-refractivity contribution in [3.05, 3.63) is 30.1 Å². The van der Waals surface area contributed by atoms with Crippen LogP contribution in [0.25, 0.3) is 11.0 Å². The van der Waals surface area contributed by atoms with Crippen molar-refractivity contribution in [3.8, 4) is 6.07 Å². The summed E-state index contributed by atoms with van der Waals surface area (Å²) in [6, 6.07) is 10.5. The smallest absolute Gasteiger partial charge is 0.109 e. The van der Waals surface area contributed by atoms with E-state index >= 15 is 0 Å². The summed E-state index contributed by atoms with van der Waals surface area (Å²) in [4.78, 5) is 4.73.